The molecule has 0 bridgehead atoms. The Morgan fingerprint density at radius 2 is 1.71 bits per heavy atom. The van der Waals surface area contributed by atoms with E-state index in [-0.39, 0.29) is 16.3 Å². The summed E-state index contributed by atoms with van der Waals surface area (Å²) in [5.41, 5.74) is 6.00. The van der Waals surface area contributed by atoms with Crippen molar-refractivity contribution in [3.63, 3.8) is 0 Å². The number of sulfonamides is 1. The van der Waals surface area contributed by atoms with Crippen LogP contribution < -0.4 is 10.5 Å². The van der Waals surface area contributed by atoms with Crippen molar-refractivity contribution in [1.82, 2.24) is 4.31 Å². The SMILES string of the molecule is CN(C)S(=O)(=O)c1cccc(Oc2ccc(Cl)cc2)c1N. The summed E-state index contributed by atoms with van der Waals surface area (Å²) in [5.74, 6) is 0.797. The minimum absolute atomic E-state index is 0.0129. The Morgan fingerprint density at radius 1 is 1.10 bits per heavy atom. The molecule has 0 spiro atoms. The molecule has 0 aliphatic heterocycles. The number of hydrogen-bond donors (Lipinski definition) is 1. The summed E-state index contributed by atoms with van der Waals surface area (Å²) < 4.78 is 31.1. The van der Waals surface area contributed by atoms with Crippen LogP contribution in [0.1, 0.15) is 0 Å². The number of hydrogen-bond acceptors (Lipinski definition) is 4. The molecular formula is C14H15ClN2O3S. The van der Waals surface area contributed by atoms with Gasteiger partial charge in [-0.2, -0.15) is 0 Å². The Labute approximate surface area is 128 Å². The van der Waals surface area contributed by atoms with Gasteiger partial charge in [-0.3, -0.25) is 0 Å². The lowest BCUT2D eigenvalue weighted by molar-refractivity contribution is 0.482. The first kappa shape index (κ1) is 15.6. The Bertz CT molecular complexity index is 743. The normalized spacial score (nSPS) is 11.6. The Hall–Kier alpha value is -1.76. The molecule has 0 amide bonds. The second kappa shape index (κ2) is 5.93. The summed E-state index contributed by atoms with van der Waals surface area (Å²) in [6.07, 6.45) is 0. The molecule has 0 aliphatic rings. The fourth-order valence-corrected chi connectivity index (χ4v) is 2.81. The van der Waals surface area contributed by atoms with E-state index in [0.29, 0.717) is 10.8 Å². The van der Waals surface area contributed by atoms with Gasteiger partial charge in [0.1, 0.15) is 10.6 Å². The van der Waals surface area contributed by atoms with Crippen LogP contribution in [0.5, 0.6) is 11.5 Å². The summed E-state index contributed by atoms with van der Waals surface area (Å²) in [5, 5.41) is 0.583. The van der Waals surface area contributed by atoms with Crippen LogP contribution in [0.2, 0.25) is 5.02 Å². The van der Waals surface area contributed by atoms with Gasteiger partial charge in [0.05, 0.1) is 5.69 Å². The van der Waals surface area contributed by atoms with Crippen LogP contribution in [0, 0.1) is 0 Å². The fraction of sp³-hybridized carbons (Fsp3) is 0.143. The molecule has 2 aromatic rings. The minimum atomic E-state index is -3.62. The van der Waals surface area contributed by atoms with Gasteiger partial charge in [0, 0.05) is 19.1 Å². The molecule has 2 rings (SSSR count). The zero-order valence-electron chi connectivity index (χ0n) is 11.6. The van der Waals surface area contributed by atoms with Crippen molar-refractivity contribution in [2.24, 2.45) is 0 Å². The smallest absolute Gasteiger partial charge is 0.244 e. The number of rotatable bonds is 4. The lowest BCUT2D eigenvalue weighted by atomic mass is 10.3. The fourth-order valence-electron chi connectivity index (χ4n) is 1.66. The lowest BCUT2D eigenvalue weighted by Crippen LogP contribution is -2.23. The lowest BCUT2D eigenvalue weighted by Gasteiger charge is -2.15. The van der Waals surface area contributed by atoms with Crippen LogP contribution >= 0.6 is 11.6 Å². The van der Waals surface area contributed by atoms with Crippen LogP contribution in [0.4, 0.5) is 5.69 Å². The molecule has 0 aromatic heterocycles. The van der Waals surface area contributed by atoms with Crippen molar-refractivity contribution in [2.75, 3.05) is 19.8 Å². The molecule has 0 aliphatic carbocycles. The molecule has 2 N–H and O–H groups in total. The molecule has 0 unspecified atom stereocenters. The summed E-state index contributed by atoms with van der Waals surface area (Å²) in [6.45, 7) is 0. The van der Waals surface area contributed by atoms with E-state index in [2.05, 4.69) is 0 Å². The van der Waals surface area contributed by atoms with Crippen molar-refractivity contribution in [2.45, 2.75) is 4.90 Å². The van der Waals surface area contributed by atoms with Gasteiger partial charge < -0.3 is 10.5 Å². The number of nitrogens with zero attached hydrogens (tertiary/aromatic N) is 1. The molecule has 5 nitrogen and oxygen atoms in total. The third kappa shape index (κ3) is 3.29. The molecule has 7 heteroatoms. The van der Waals surface area contributed by atoms with Gasteiger partial charge in [-0.05, 0) is 36.4 Å². The molecular weight excluding hydrogens is 312 g/mol. The first-order valence-electron chi connectivity index (χ1n) is 6.07. The monoisotopic (exact) mass is 326 g/mol. The highest BCUT2D eigenvalue weighted by Gasteiger charge is 2.22. The molecule has 0 atom stereocenters. The third-order valence-electron chi connectivity index (χ3n) is 2.83. The van der Waals surface area contributed by atoms with Crippen molar-refractivity contribution in [1.29, 1.82) is 0 Å². The zero-order chi connectivity index (χ0) is 15.6. The second-order valence-corrected chi connectivity index (χ2v) is 7.07. The quantitative estimate of drug-likeness (QED) is 0.877. The van der Waals surface area contributed by atoms with E-state index in [9.17, 15) is 8.42 Å². The van der Waals surface area contributed by atoms with E-state index in [4.69, 9.17) is 22.1 Å². The molecule has 112 valence electrons. The number of nitrogen functional groups attached to an aromatic ring is 1. The zero-order valence-corrected chi connectivity index (χ0v) is 13.1. The van der Waals surface area contributed by atoms with Gasteiger partial charge in [-0.25, -0.2) is 12.7 Å². The maximum Gasteiger partial charge on any atom is 0.244 e. The Kier molecular flexibility index (Phi) is 4.41. The van der Waals surface area contributed by atoms with Crippen molar-refractivity contribution >= 4 is 27.3 Å². The van der Waals surface area contributed by atoms with Crippen LogP contribution in [0.25, 0.3) is 0 Å². The highest BCUT2D eigenvalue weighted by molar-refractivity contribution is 7.89. The van der Waals surface area contributed by atoms with Gasteiger partial charge in [-0.15, -0.1) is 0 Å². The summed E-state index contributed by atoms with van der Waals surface area (Å²) in [6, 6.07) is 11.3. The Balaban J connectivity index is 2.41. The maximum absolute atomic E-state index is 12.2. The van der Waals surface area contributed by atoms with E-state index in [1.807, 2.05) is 0 Å². The van der Waals surface area contributed by atoms with Gasteiger partial charge >= 0.3 is 0 Å². The van der Waals surface area contributed by atoms with Gasteiger partial charge in [0.25, 0.3) is 0 Å². The number of halogens is 1. The average Bonchev–Trinajstić information content (AvgIpc) is 2.43. The van der Waals surface area contributed by atoms with Crippen molar-refractivity contribution in [3.8, 4) is 11.5 Å². The summed E-state index contributed by atoms with van der Waals surface area (Å²) in [7, 11) is -0.730. The predicted octanol–water partition coefficient (Wildman–Crippen LogP) is 2.96. The number of ether oxygens (including phenoxy) is 1. The third-order valence-corrected chi connectivity index (χ3v) is 4.95. The second-order valence-electron chi connectivity index (χ2n) is 4.51. The van der Waals surface area contributed by atoms with Crippen LogP contribution in [-0.4, -0.2) is 26.8 Å². The highest BCUT2D eigenvalue weighted by Crippen LogP contribution is 2.33. The molecule has 0 fully saturated rings. The van der Waals surface area contributed by atoms with E-state index in [1.54, 1.807) is 36.4 Å². The summed E-state index contributed by atoms with van der Waals surface area (Å²) in [4.78, 5) is 0.0129. The van der Waals surface area contributed by atoms with E-state index in [1.165, 1.54) is 20.2 Å². The van der Waals surface area contributed by atoms with E-state index in [0.717, 1.165) is 4.31 Å². The van der Waals surface area contributed by atoms with E-state index < -0.39 is 10.0 Å². The van der Waals surface area contributed by atoms with E-state index >= 15 is 0 Å². The largest absolute Gasteiger partial charge is 0.455 e. The maximum atomic E-state index is 12.2. The van der Waals surface area contributed by atoms with Gasteiger partial charge in [-0.1, -0.05) is 17.7 Å². The first-order chi connectivity index (χ1) is 9.82. The highest BCUT2D eigenvalue weighted by atomic mass is 35.5. The summed E-state index contributed by atoms with van der Waals surface area (Å²) >= 11 is 5.80. The molecule has 0 radical (unpaired) electrons. The molecule has 2 aromatic carbocycles. The van der Waals surface area contributed by atoms with Crippen molar-refractivity contribution < 1.29 is 13.2 Å². The van der Waals surface area contributed by atoms with Crippen molar-refractivity contribution in [3.05, 3.63) is 47.5 Å². The molecule has 0 saturated carbocycles. The average molecular weight is 327 g/mol. The number of benzene rings is 2. The Morgan fingerprint density at radius 3 is 2.29 bits per heavy atom. The topological polar surface area (TPSA) is 72.6 Å². The van der Waals surface area contributed by atoms with Crippen LogP contribution in [-0.2, 0) is 10.0 Å². The van der Waals surface area contributed by atoms with Gasteiger partial charge in [0.2, 0.25) is 10.0 Å². The molecule has 0 saturated heterocycles. The standard InChI is InChI=1S/C14H15ClN2O3S/c1-17(2)21(18,19)13-5-3-4-12(14(13)16)20-11-8-6-10(15)7-9-11/h3-9H,16H2,1-2H3. The van der Waals surface area contributed by atoms with Crippen LogP contribution in [0.15, 0.2) is 47.4 Å². The minimum Gasteiger partial charge on any atom is -0.455 e. The number of nitrogens with two attached hydrogens (primary N) is 1. The first-order valence-corrected chi connectivity index (χ1v) is 7.88. The van der Waals surface area contributed by atoms with Gasteiger partial charge in [0.15, 0.2) is 5.75 Å². The predicted molar refractivity (Wildman–Crippen MR) is 83.3 cm³/mol. The number of para-hydroxylation sites is 1. The number of anilines is 1. The van der Waals surface area contributed by atoms with Crippen LogP contribution in [0.3, 0.4) is 0 Å². The molecule has 0 heterocycles. The molecule has 21 heavy (non-hydrogen) atoms.